The van der Waals surface area contributed by atoms with Crippen LogP contribution in [0.5, 0.6) is 0 Å². The first-order valence-corrected chi connectivity index (χ1v) is 13.4. The Hall–Kier alpha value is -2.53. The van der Waals surface area contributed by atoms with Crippen molar-refractivity contribution in [1.29, 1.82) is 0 Å². The first-order valence-electron chi connectivity index (χ1n) is 10.5. The zero-order chi connectivity index (χ0) is 23.4. The number of thiazole rings is 1. The van der Waals surface area contributed by atoms with Crippen molar-refractivity contribution in [3.8, 4) is 0 Å². The predicted octanol–water partition coefficient (Wildman–Crippen LogP) is 4.17. The third-order valence-electron chi connectivity index (χ3n) is 5.41. The number of fused-ring (bicyclic) bond motifs is 1. The number of amides is 3. The van der Waals surface area contributed by atoms with Crippen molar-refractivity contribution >= 4 is 60.1 Å². The van der Waals surface area contributed by atoms with Crippen LogP contribution in [0, 0.1) is 0 Å². The number of carbonyl (C=O) groups excluding carboxylic acids is 2. The number of anilines is 1. The average molecular weight is 507 g/mol. The second-order valence-corrected chi connectivity index (χ2v) is 11.3. The Morgan fingerprint density at radius 2 is 1.85 bits per heavy atom. The summed E-state index contributed by atoms with van der Waals surface area (Å²) in [5, 5.41) is 5.20. The van der Waals surface area contributed by atoms with Crippen LogP contribution in [0.2, 0.25) is 5.02 Å². The molecule has 1 aliphatic heterocycles. The van der Waals surface area contributed by atoms with Gasteiger partial charge in [-0.1, -0.05) is 41.5 Å². The molecule has 1 fully saturated rings. The van der Waals surface area contributed by atoms with Crippen molar-refractivity contribution in [3.05, 3.63) is 53.1 Å². The number of sulfone groups is 1. The highest BCUT2D eigenvalue weighted by molar-refractivity contribution is 7.91. The SMILES string of the molecule is O=C(NC(=O)c1ccccc1Cl)Nc1nc2ccc(S(=O)(=O)CCN3CCCCC3)cc2s1. The van der Waals surface area contributed by atoms with Gasteiger partial charge >= 0.3 is 6.03 Å². The Morgan fingerprint density at radius 3 is 2.61 bits per heavy atom. The molecule has 0 bridgehead atoms. The van der Waals surface area contributed by atoms with E-state index in [0.717, 1.165) is 37.3 Å². The molecule has 0 radical (unpaired) electrons. The molecule has 33 heavy (non-hydrogen) atoms. The molecule has 1 aromatic heterocycles. The summed E-state index contributed by atoms with van der Waals surface area (Å²) < 4.78 is 26.3. The minimum Gasteiger partial charge on any atom is -0.302 e. The number of benzene rings is 2. The zero-order valence-corrected chi connectivity index (χ0v) is 20.1. The third kappa shape index (κ3) is 5.89. The number of piperidine rings is 1. The Kier molecular flexibility index (Phi) is 7.28. The van der Waals surface area contributed by atoms with Gasteiger partial charge in [-0.05, 0) is 56.3 Å². The summed E-state index contributed by atoms with van der Waals surface area (Å²) in [6.07, 6.45) is 3.42. The fourth-order valence-corrected chi connectivity index (χ4v) is 6.15. The number of carbonyl (C=O) groups is 2. The van der Waals surface area contributed by atoms with Gasteiger partial charge in [-0.3, -0.25) is 15.4 Å². The van der Waals surface area contributed by atoms with Crippen LogP contribution < -0.4 is 10.6 Å². The molecule has 0 aliphatic carbocycles. The number of hydrogen-bond acceptors (Lipinski definition) is 7. The summed E-state index contributed by atoms with van der Waals surface area (Å²) in [7, 11) is -3.44. The highest BCUT2D eigenvalue weighted by Crippen LogP contribution is 2.28. The molecule has 3 aromatic rings. The first-order chi connectivity index (χ1) is 15.8. The van der Waals surface area contributed by atoms with Gasteiger partial charge in [0, 0.05) is 6.54 Å². The molecule has 11 heteroatoms. The van der Waals surface area contributed by atoms with E-state index >= 15 is 0 Å². The Bertz CT molecular complexity index is 1290. The van der Waals surface area contributed by atoms with Gasteiger partial charge in [0.05, 0.1) is 31.5 Å². The summed E-state index contributed by atoms with van der Waals surface area (Å²) in [5.74, 6) is -0.573. The molecule has 2 heterocycles. The second kappa shape index (κ2) is 10.2. The maximum absolute atomic E-state index is 12.8. The topological polar surface area (TPSA) is 108 Å². The summed E-state index contributed by atoms with van der Waals surface area (Å²) in [6, 6.07) is 10.4. The number of imide groups is 1. The minimum atomic E-state index is -3.44. The molecular formula is C22H23ClN4O4S2. The maximum Gasteiger partial charge on any atom is 0.327 e. The van der Waals surface area contributed by atoms with Crippen LogP contribution >= 0.6 is 22.9 Å². The van der Waals surface area contributed by atoms with Crippen LogP contribution in [0.3, 0.4) is 0 Å². The number of urea groups is 1. The van der Waals surface area contributed by atoms with E-state index in [0.29, 0.717) is 16.8 Å². The quantitative estimate of drug-likeness (QED) is 0.519. The van der Waals surface area contributed by atoms with Crippen molar-refractivity contribution in [2.24, 2.45) is 0 Å². The van der Waals surface area contributed by atoms with E-state index in [-0.39, 0.29) is 26.4 Å². The van der Waals surface area contributed by atoms with E-state index in [1.54, 1.807) is 36.4 Å². The molecule has 8 nitrogen and oxygen atoms in total. The number of nitrogens with one attached hydrogen (secondary N) is 2. The molecule has 0 unspecified atom stereocenters. The number of nitrogens with zero attached hydrogens (tertiary/aromatic N) is 2. The van der Waals surface area contributed by atoms with Gasteiger partial charge in [0.2, 0.25) is 0 Å². The summed E-state index contributed by atoms with van der Waals surface area (Å²) >= 11 is 7.11. The highest BCUT2D eigenvalue weighted by Gasteiger charge is 2.20. The van der Waals surface area contributed by atoms with Crippen LogP contribution in [0.1, 0.15) is 29.6 Å². The highest BCUT2D eigenvalue weighted by atomic mass is 35.5. The molecule has 174 valence electrons. The van der Waals surface area contributed by atoms with Gasteiger partial charge in [-0.25, -0.2) is 18.2 Å². The number of halogens is 1. The fourth-order valence-electron chi connectivity index (χ4n) is 3.65. The van der Waals surface area contributed by atoms with E-state index < -0.39 is 21.8 Å². The molecular weight excluding hydrogens is 484 g/mol. The van der Waals surface area contributed by atoms with Gasteiger partial charge < -0.3 is 4.90 Å². The lowest BCUT2D eigenvalue weighted by molar-refractivity contribution is 0.0967. The maximum atomic E-state index is 12.8. The summed E-state index contributed by atoms with van der Waals surface area (Å²) in [5.41, 5.74) is 0.737. The molecule has 2 N–H and O–H groups in total. The van der Waals surface area contributed by atoms with E-state index in [1.165, 1.54) is 12.5 Å². The van der Waals surface area contributed by atoms with Crippen LogP contribution in [0.15, 0.2) is 47.4 Å². The van der Waals surface area contributed by atoms with Crippen molar-refractivity contribution in [3.63, 3.8) is 0 Å². The standard InChI is InChI=1S/C22H23ClN4O4S2/c23-17-7-3-2-6-16(17)20(28)25-21(29)26-22-24-18-9-8-15(14-19(18)32-22)33(30,31)13-12-27-10-4-1-5-11-27/h2-3,6-9,14H,1,4-5,10-13H2,(H2,24,25,26,28,29). The molecule has 2 aromatic carbocycles. The molecule has 1 aliphatic rings. The molecule has 4 rings (SSSR count). The number of aromatic nitrogens is 1. The zero-order valence-electron chi connectivity index (χ0n) is 17.7. The molecule has 0 saturated carbocycles. The van der Waals surface area contributed by atoms with Crippen LogP contribution in [0.4, 0.5) is 9.93 Å². The second-order valence-electron chi connectivity index (χ2n) is 7.76. The summed E-state index contributed by atoms with van der Waals surface area (Å²) in [6.45, 7) is 2.41. The minimum absolute atomic E-state index is 0.0645. The van der Waals surface area contributed by atoms with E-state index in [2.05, 4.69) is 20.5 Å². The number of likely N-dealkylation sites (tertiary alicyclic amines) is 1. The van der Waals surface area contributed by atoms with Crippen molar-refractivity contribution in [1.82, 2.24) is 15.2 Å². The lowest BCUT2D eigenvalue weighted by atomic mass is 10.1. The first kappa shape index (κ1) is 23.6. The lowest BCUT2D eigenvalue weighted by Gasteiger charge is -2.26. The van der Waals surface area contributed by atoms with E-state index in [1.807, 2.05) is 0 Å². The van der Waals surface area contributed by atoms with Crippen molar-refractivity contribution in [2.45, 2.75) is 24.2 Å². The van der Waals surface area contributed by atoms with Gasteiger partial charge in [0.25, 0.3) is 5.91 Å². The average Bonchev–Trinajstić information content (AvgIpc) is 3.20. The normalized spacial score (nSPS) is 14.8. The summed E-state index contributed by atoms with van der Waals surface area (Å²) in [4.78, 5) is 31.2. The smallest absolute Gasteiger partial charge is 0.302 e. The third-order valence-corrected chi connectivity index (χ3v) is 8.37. The van der Waals surface area contributed by atoms with Gasteiger partial charge in [0.15, 0.2) is 15.0 Å². The Balaban J connectivity index is 1.41. The Morgan fingerprint density at radius 1 is 1.09 bits per heavy atom. The monoisotopic (exact) mass is 506 g/mol. The van der Waals surface area contributed by atoms with Crippen molar-refractivity contribution in [2.75, 3.05) is 30.7 Å². The van der Waals surface area contributed by atoms with Gasteiger partial charge in [-0.2, -0.15) is 0 Å². The lowest BCUT2D eigenvalue weighted by Crippen LogP contribution is -2.34. The largest absolute Gasteiger partial charge is 0.327 e. The number of hydrogen-bond donors (Lipinski definition) is 2. The van der Waals surface area contributed by atoms with Gasteiger partial charge in [-0.15, -0.1) is 0 Å². The molecule has 0 atom stereocenters. The van der Waals surface area contributed by atoms with Crippen LogP contribution in [0.25, 0.3) is 10.2 Å². The van der Waals surface area contributed by atoms with Gasteiger partial charge in [0.1, 0.15) is 0 Å². The van der Waals surface area contributed by atoms with Crippen molar-refractivity contribution < 1.29 is 18.0 Å². The molecule has 1 saturated heterocycles. The van der Waals surface area contributed by atoms with E-state index in [4.69, 9.17) is 11.6 Å². The van der Waals surface area contributed by atoms with Crippen LogP contribution in [-0.4, -0.2) is 55.6 Å². The molecule has 3 amide bonds. The predicted molar refractivity (Wildman–Crippen MR) is 130 cm³/mol. The molecule has 0 spiro atoms. The number of rotatable bonds is 6. The fraction of sp³-hybridized carbons (Fsp3) is 0.318. The Labute approximate surface area is 200 Å². The van der Waals surface area contributed by atoms with Crippen LogP contribution in [-0.2, 0) is 9.84 Å². The van der Waals surface area contributed by atoms with E-state index in [9.17, 15) is 18.0 Å².